The molecule has 0 spiro atoms. The SMILES string of the molecule is NS(=O)(=O)/C=C/c1cc(F)c2cnc(Nc3cc(-c4c[nH]c(=O)c5ccc(Cl)cc45)ccc3OC(F)(F)F)nc2c1. The molecule has 9 nitrogen and oxygen atoms in total. The van der Waals surface area contributed by atoms with E-state index < -0.39 is 28.0 Å². The normalized spacial score (nSPS) is 12.3. The zero-order chi connectivity index (χ0) is 29.5. The molecule has 2 aromatic heterocycles. The molecule has 0 radical (unpaired) electrons. The molecule has 0 aliphatic rings. The van der Waals surface area contributed by atoms with Crippen molar-refractivity contribution in [2.24, 2.45) is 5.14 Å². The molecule has 5 rings (SSSR count). The maximum atomic E-state index is 14.6. The van der Waals surface area contributed by atoms with Crippen molar-refractivity contribution in [3.05, 3.63) is 93.1 Å². The molecule has 0 atom stereocenters. The molecule has 0 fully saturated rings. The molecule has 2 heterocycles. The van der Waals surface area contributed by atoms with Gasteiger partial charge in [-0.3, -0.25) is 4.79 Å². The van der Waals surface area contributed by atoms with Gasteiger partial charge in [-0.15, -0.1) is 13.2 Å². The van der Waals surface area contributed by atoms with Gasteiger partial charge in [-0.05, 0) is 65.1 Å². The van der Waals surface area contributed by atoms with Gasteiger partial charge in [-0.25, -0.2) is 27.9 Å². The Morgan fingerprint density at radius 3 is 2.56 bits per heavy atom. The number of anilines is 2. The standard InChI is InChI=1S/C26H16ClF4N5O4S/c27-15-2-3-16-17(10-15)18(11-33-24(16)37)14-1-4-23(40-26(29,30)31)22(9-14)36-25-34-12-19-20(28)7-13(8-21(19)35-25)5-6-41(32,38)39/h1-12H,(H,33,37)(H2,32,38,39)(H,34,35,36)/b6-5+. The number of alkyl halides is 3. The zero-order valence-electron chi connectivity index (χ0n) is 20.3. The molecule has 3 aromatic carbocycles. The van der Waals surface area contributed by atoms with Gasteiger partial charge in [0.25, 0.3) is 5.56 Å². The van der Waals surface area contributed by atoms with E-state index in [-0.39, 0.29) is 33.7 Å². The first-order valence-corrected chi connectivity index (χ1v) is 13.4. The lowest BCUT2D eigenvalue weighted by atomic mass is 10.00. The number of nitrogens with zero attached hydrogens (tertiary/aromatic N) is 2. The van der Waals surface area contributed by atoms with Gasteiger partial charge < -0.3 is 15.0 Å². The first kappa shape index (κ1) is 28.0. The number of nitrogens with two attached hydrogens (primary N) is 1. The second-order valence-electron chi connectivity index (χ2n) is 8.63. The molecule has 15 heteroatoms. The average Bonchev–Trinajstić information content (AvgIpc) is 2.87. The maximum Gasteiger partial charge on any atom is 0.573 e. The lowest BCUT2D eigenvalue weighted by Gasteiger charge is -2.16. The molecular weight excluding hydrogens is 590 g/mol. The van der Waals surface area contributed by atoms with Crippen LogP contribution in [0.3, 0.4) is 0 Å². The van der Waals surface area contributed by atoms with E-state index in [1.165, 1.54) is 36.5 Å². The van der Waals surface area contributed by atoms with Crippen molar-refractivity contribution < 1.29 is 30.7 Å². The summed E-state index contributed by atoms with van der Waals surface area (Å²) in [7, 11) is -3.98. The van der Waals surface area contributed by atoms with Crippen LogP contribution in [0.2, 0.25) is 5.02 Å². The van der Waals surface area contributed by atoms with Crippen LogP contribution in [-0.2, 0) is 10.0 Å². The first-order chi connectivity index (χ1) is 19.3. The Balaban J connectivity index is 1.61. The van der Waals surface area contributed by atoms with Crippen molar-refractivity contribution in [2.45, 2.75) is 6.36 Å². The van der Waals surface area contributed by atoms with Gasteiger partial charge in [-0.2, -0.15) is 0 Å². The summed E-state index contributed by atoms with van der Waals surface area (Å²) in [6, 6.07) is 10.8. The van der Waals surface area contributed by atoms with Gasteiger partial charge in [-0.1, -0.05) is 17.7 Å². The Bertz CT molecular complexity index is 2030. The summed E-state index contributed by atoms with van der Waals surface area (Å²) >= 11 is 6.13. The molecule has 5 aromatic rings. The minimum atomic E-state index is -5.03. The number of ether oxygens (including phenoxy) is 1. The Labute approximate surface area is 233 Å². The summed E-state index contributed by atoms with van der Waals surface area (Å²) < 4.78 is 80.8. The van der Waals surface area contributed by atoms with Crippen LogP contribution in [0.5, 0.6) is 5.75 Å². The average molecular weight is 606 g/mol. The number of nitrogens with one attached hydrogen (secondary N) is 2. The number of hydrogen-bond acceptors (Lipinski definition) is 7. The fourth-order valence-corrected chi connectivity index (χ4v) is 4.56. The molecule has 0 amide bonds. The first-order valence-electron chi connectivity index (χ1n) is 11.4. The number of fused-ring (bicyclic) bond motifs is 2. The van der Waals surface area contributed by atoms with Crippen molar-refractivity contribution in [1.82, 2.24) is 15.0 Å². The molecule has 0 bridgehead atoms. The van der Waals surface area contributed by atoms with Crippen molar-refractivity contribution in [2.75, 3.05) is 5.32 Å². The predicted molar refractivity (Wildman–Crippen MR) is 147 cm³/mol. The molecular formula is C26H16ClF4N5O4S. The number of benzene rings is 3. The van der Waals surface area contributed by atoms with Gasteiger partial charge in [0.2, 0.25) is 16.0 Å². The molecule has 0 saturated heterocycles. The van der Waals surface area contributed by atoms with Gasteiger partial charge in [0.05, 0.1) is 16.6 Å². The molecule has 210 valence electrons. The second kappa shape index (κ2) is 10.5. The fourth-order valence-electron chi connectivity index (χ4n) is 4.04. The number of aromatic amines is 1. The number of H-pyrrole nitrogens is 1. The quantitative estimate of drug-likeness (QED) is 0.207. The number of halogens is 5. The van der Waals surface area contributed by atoms with E-state index in [0.717, 1.165) is 24.4 Å². The van der Waals surface area contributed by atoms with Crippen LogP contribution >= 0.6 is 11.6 Å². The van der Waals surface area contributed by atoms with Crippen LogP contribution in [0.25, 0.3) is 38.9 Å². The van der Waals surface area contributed by atoms with Gasteiger partial charge in [0.1, 0.15) is 5.82 Å². The number of rotatable bonds is 6. The lowest BCUT2D eigenvalue weighted by molar-refractivity contribution is -0.274. The van der Waals surface area contributed by atoms with Gasteiger partial charge in [0.15, 0.2) is 5.75 Å². The predicted octanol–water partition coefficient (Wildman–Crippen LogP) is 5.83. The molecule has 0 aliphatic carbocycles. The van der Waals surface area contributed by atoms with E-state index in [1.54, 1.807) is 6.07 Å². The summed E-state index contributed by atoms with van der Waals surface area (Å²) in [5, 5.41) is 9.36. The number of sulfonamides is 1. The third-order valence-electron chi connectivity index (χ3n) is 5.75. The highest BCUT2D eigenvalue weighted by atomic mass is 35.5. The van der Waals surface area contributed by atoms with Crippen molar-refractivity contribution in [3.8, 4) is 16.9 Å². The molecule has 0 aliphatic heterocycles. The summed E-state index contributed by atoms with van der Waals surface area (Å²) in [5.41, 5.74) is 0.383. The Morgan fingerprint density at radius 1 is 1.05 bits per heavy atom. The Kier molecular flexibility index (Phi) is 7.15. The lowest BCUT2D eigenvalue weighted by Crippen LogP contribution is -2.18. The fraction of sp³-hybridized carbons (Fsp3) is 0.0385. The zero-order valence-corrected chi connectivity index (χ0v) is 21.9. The molecule has 0 saturated carbocycles. The van der Waals surface area contributed by atoms with Crippen LogP contribution in [-0.4, -0.2) is 29.7 Å². The van der Waals surface area contributed by atoms with Crippen molar-refractivity contribution >= 4 is 61.0 Å². The number of primary sulfonamides is 1. The van der Waals surface area contributed by atoms with Crippen LogP contribution in [0.15, 0.2) is 71.1 Å². The summed E-state index contributed by atoms with van der Waals surface area (Å²) in [6.45, 7) is 0. The highest BCUT2D eigenvalue weighted by molar-refractivity contribution is 7.92. The molecule has 0 unspecified atom stereocenters. The van der Waals surface area contributed by atoms with Crippen LogP contribution in [0, 0.1) is 5.82 Å². The van der Waals surface area contributed by atoms with E-state index in [1.807, 2.05) is 0 Å². The second-order valence-corrected chi connectivity index (χ2v) is 10.5. The topological polar surface area (TPSA) is 140 Å². The van der Waals surface area contributed by atoms with Crippen LogP contribution in [0.1, 0.15) is 5.56 Å². The molecule has 4 N–H and O–H groups in total. The van der Waals surface area contributed by atoms with E-state index >= 15 is 0 Å². The van der Waals surface area contributed by atoms with Gasteiger partial charge in [0, 0.05) is 33.8 Å². The summed E-state index contributed by atoms with van der Waals surface area (Å²) in [6.07, 6.45) is -1.46. The van der Waals surface area contributed by atoms with E-state index in [9.17, 15) is 30.8 Å². The number of aromatic nitrogens is 3. The third kappa shape index (κ3) is 6.45. The Morgan fingerprint density at radius 2 is 1.83 bits per heavy atom. The molecule has 41 heavy (non-hydrogen) atoms. The summed E-state index contributed by atoms with van der Waals surface area (Å²) in [4.78, 5) is 23.1. The Hall–Kier alpha value is -4.53. The van der Waals surface area contributed by atoms with Crippen molar-refractivity contribution in [3.63, 3.8) is 0 Å². The monoisotopic (exact) mass is 605 g/mol. The number of pyridine rings is 1. The van der Waals surface area contributed by atoms with Crippen LogP contribution < -0.4 is 20.8 Å². The number of hydrogen-bond donors (Lipinski definition) is 3. The van der Waals surface area contributed by atoms with E-state index in [4.69, 9.17) is 16.7 Å². The largest absolute Gasteiger partial charge is 0.573 e. The van der Waals surface area contributed by atoms with E-state index in [0.29, 0.717) is 32.3 Å². The smallest absolute Gasteiger partial charge is 0.404 e. The minimum absolute atomic E-state index is 0.0206. The maximum absolute atomic E-state index is 14.6. The third-order valence-corrected chi connectivity index (χ3v) is 6.50. The van der Waals surface area contributed by atoms with Crippen LogP contribution in [0.4, 0.5) is 29.2 Å². The van der Waals surface area contributed by atoms with Gasteiger partial charge >= 0.3 is 6.36 Å². The highest BCUT2D eigenvalue weighted by Crippen LogP contribution is 2.37. The van der Waals surface area contributed by atoms with Crippen molar-refractivity contribution in [1.29, 1.82) is 0 Å². The van der Waals surface area contributed by atoms with E-state index in [2.05, 4.69) is 25.0 Å². The highest BCUT2D eigenvalue weighted by Gasteiger charge is 2.32. The summed E-state index contributed by atoms with van der Waals surface area (Å²) in [5.74, 6) is -1.61. The minimum Gasteiger partial charge on any atom is -0.404 e.